The highest BCUT2D eigenvalue weighted by Gasteiger charge is 2.40. The fraction of sp³-hybridized carbons (Fsp3) is 0.300. The van der Waals surface area contributed by atoms with Gasteiger partial charge in [0.15, 0.2) is 5.82 Å². The molecule has 0 bridgehead atoms. The van der Waals surface area contributed by atoms with Gasteiger partial charge in [0.2, 0.25) is 0 Å². The number of aliphatic hydroxyl groups is 1. The van der Waals surface area contributed by atoms with Gasteiger partial charge >= 0.3 is 0 Å². The first kappa shape index (κ1) is 17.4. The molecule has 7 nitrogen and oxygen atoms in total. The Labute approximate surface area is 157 Å². The smallest absolute Gasteiger partial charge is 0.254 e. The molecule has 1 aliphatic heterocycles. The highest BCUT2D eigenvalue weighted by Crippen LogP contribution is 2.36. The Bertz CT molecular complexity index is 897. The number of amides is 1. The van der Waals surface area contributed by atoms with Crippen LogP contribution < -0.4 is 0 Å². The van der Waals surface area contributed by atoms with Gasteiger partial charge in [-0.3, -0.25) is 4.79 Å². The summed E-state index contributed by atoms with van der Waals surface area (Å²) in [6.07, 6.45) is 1.44. The first-order valence-electron chi connectivity index (χ1n) is 9.06. The molecule has 0 spiro atoms. The maximum Gasteiger partial charge on any atom is 0.254 e. The SMILES string of the molecule is O=C(c1ccccc1)N1[C@H](CO)CC[C@H]1c1nnnn1Cc1ccccc1. The van der Waals surface area contributed by atoms with Gasteiger partial charge < -0.3 is 10.0 Å². The fourth-order valence-corrected chi connectivity index (χ4v) is 3.67. The summed E-state index contributed by atoms with van der Waals surface area (Å²) in [6, 6.07) is 18.6. The topological polar surface area (TPSA) is 84.1 Å². The van der Waals surface area contributed by atoms with Gasteiger partial charge in [0.05, 0.1) is 25.2 Å². The normalized spacial score (nSPS) is 19.4. The van der Waals surface area contributed by atoms with E-state index in [-0.39, 0.29) is 24.6 Å². The number of rotatable bonds is 5. The number of hydrogen-bond acceptors (Lipinski definition) is 5. The lowest BCUT2D eigenvalue weighted by molar-refractivity contribution is 0.0582. The Hall–Kier alpha value is -3.06. The molecule has 1 aromatic heterocycles. The second-order valence-corrected chi connectivity index (χ2v) is 6.69. The predicted octanol–water partition coefficient (Wildman–Crippen LogP) is 2.06. The average Bonchev–Trinajstić information content (AvgIpc) is 3.35. The minimum atomic E-state index is -0.256. The van der Waals surface area contributed by atoms with E-state index in [1.807, 2.05) is 48.5 Å². The zero-order valence-corrected chi connectivity index (χ0v) is 14.8. The molecule has 27 heavy (non-hydrogen) atoms. The van der Waals surface area contributed by atoms with Crippen molar-refractivity contribution in [3.63, 3.8) is 0 Å². The maximum absolute atomic E-state index is 13.1. The van der Waals surface area contributed by atoms with Crippen LogP contribution in [0, 0.1) is 0 Å². The Balaban J connectivity index is 1.64. The molecule has 2 aromatic carbocycles. The highest BCUT2D eigenvalue weighted by molar-refractivity contribution is 5.94. The predicted molar refractivity (Wildman–Crippen MR) is 98.8 cm³/mol. The standard InChI is InChI=1S/C20H21N5O2/c26-14-17-11-12-18(25(17)20(27)16-9-5-2-6-10-16)19-21-22-23-24(19)13-15-7-3-1-4-8-15/h1-10,17-18,26H,11-14H2/t17-,18-/m0/s1. The van der Waals surface area contributed by atoms with E-state index in [0.717, 1.165) is 18.4 Å². The molecule has 138 valence electrons. The Kier molecular flexibility index (Phi) is 4.93. The molecule has 1 amide bonds. The number of hydrogen-bond donors (Lipinski definition) is 1. The number of tetrazole rings is 1. The van der Waals surface area contributed by atoms with Crippen molar-refractivity contribution in [1.29, 1.82) is 0 Å². The van der Waals surface area contributed by atoms with Crippen molar-refractivity contribution < 1.29 is 9.90 Å². The van der Waals surface area contributed by atoms with Crippen molar-refractivity contribution in [2.45, 2.75) is 31.5 Å². The third-order valence-electron chi connectivity index (χ3n) is 5.00. The van der Waals surface area contributed by atoms with Gasteiger partial charge in [-0.25, -0.2) is 4.68 Å². The molecule has 4 rings (SSSR count). The average molecular weight is 363 g/mol. The van der Waals surface area contributed by atoms with Crippen molar-refractivity contribution in [2.75, 3.05) is 6.61 Å². The minimum absolute atomic E-state index is 0.0741. The number of benzene rings is 2. The molecule has 3 aromatic rings. The molecule has 2 heterocycles. The monoisotopic (exact) mass is 363 g/mol. The van der Waals surface area contributed by atoms with E-state index in [2.05, 4.69) is 15.5 Å². The molecular formula is C20H21N5O2. The summed E-state index contributed by atoms with van der Waals surface area (Å²) in [4.78, 5) is 14.9. The summed E-state index contributed by atoms with van der Waals surface area (Å²) in [5.41, 5.74) is 1.69. The van der Waals surface area contributed by atoms with Crippen LogP contribution in [0.4, 0.5) is 0 Å². The number of aromatic nitrogens is 4. The molecule has 2 atom stereocenters. The van der Waals surface area contributed by atoms with Crippen molar-refractivity contribution in [3.05, 3.63) is 77.6 Å². The van der Waals surface area contributed by atoms with Crippen LogP contribution in [-0.4, -0.2) is 48.8 Å². The molecule has 1 aliphatic rings. The van der Waals surface area contributed by atoms with Crippen molar-refractivity contribution in [1.82, 2.24) is 25.1 Å². The summed E-state index contributed by atoms with van der Waals surface area (Å²) in [5.74, 6) is 0.547. The van der Waals surface area contributed by atoms with Crippen LogP contribution in [-0.2, 0) is 6.54 Å². The van der Waals surface area contributed by atoms with Crippen LogP contribution in [0.25, 0.3) is 0 Å². The minimum Gasteiger partial charge on any atom is -0.394 e. The van der Waals surface area contributed by atoms with Crippen LogP contribution in [0.3, 0.4) is 0 Å². The van der Waals surface area contributed by atoms with E-state index in [1.54, 1.807) is 21.7 Å². The molecular weight excluding hydrogens is 342 g/mol. The van der Waals surface area contributed by atoms with Crippen LogP contribution in [0.2, 0.25) is 0 Å². The molecule has 1 N–H and O–H groups in total. The summed E-state index contributed by atoms with van der Waals surface area (Å²) < 4.78 is 1.74. The molecule has 1 fully saturated rings. The summed E-state index contributed by atoms with van der Waals surface area (Å²) in [5, 5.41) is 22.0. The highest BCUT2D eigenvalue weighted by atomic mass is 16.3. The molecule has 0 saturated carbocycles. The van der Waals surface area contributed by atoms with Gasteiger partial charge in [-0.05, 0) is 41.0 Å². The van der Waals surface area contributed by atoms with Gasteiger partial charge in [-0.15, -0.1) is 5.10 Å². The van der Waals surface area contributed by atoms with E-state index in [4.69, 9.17) is 0 Å². The van der Waals surface area contributed by atoms with Crippen LogP contribution in [0.15, 0.2) is 60.7 Å². The summed E-state index contributed by atoms with van der Waals surface area (Å²) in [6.45, 7) is 0.464. The van der Waals surface area contributed by atoms with Crippen LogP contribution in [0.1, 0.15) is 40.6 Å². The van der Waals surface area contributed by atoms with Crippen molar-refractivity contribution in [2.24, 2.45) is 0 Å². The lowest BCUT2D eigenvalue weighted by atomic mass is 10.1. The van der Waals surface area contributed by atoms with E-state index in [9.17, 15) is 9.90 Å². The Morgan fingerprint density at radius 2 is 1.74 bits per heavy atom. The second-order valence-electron chi connectivity index (χ2n) is 6.69. The number of carbonyl (C=O) groups excluding carboxylic acids is 1. The first-order chi connectivity index (χ1) is 13.3. The molecule has 0 radical (unpaired) electrons. The van der Waals surface area contributed by atoms with Gasteiger partial charge in [0.25, 0.3) is 5.91 Å². The van der Waals surface area contributed by atoms with E-state index < -0.39 is 0 Å². The number of likely N-dealkylation sites (tertiary alicyclic amines) is 1. The lowest BCUT2D eigenvalue weighted by Gasteiger charge is -2.29. The largest absolute Gasteiger partial charge is 0.394 e. The van der Waals surface area contributed by atoms with Crippen molar-refractivity contribution in [3.8, 4) is 0 Å². The fourth-order valence-electron chi connectivity index (χ4n) is 3.67. The van der Waals surface area contributed by atoms with E-state index in [1.165, 1.54) is 0 Å². The molecule has 1 saturated heterocycles. The lowest BCUT2D eigenvalue weighted by Crippen LogP contribution is -2.40. The first-order valence-corrected chi connectivity index (χ1v) is 9.06. The molecule has 0 unspecified atom stereocenters. The third kappa shape index (κ3) is 3.46. The van der Waals surface area contributed by atoms with Gasteiger partial charge in [-0.1, -0.05) is 48.5 Å². The van der Waals surface area contributed by atoms with E-state index >= 15 is 0 Å². The van der Waals surface area contributed by atoms with Crippen LogP contribution in [0.5, 0.6) is 0 Å². The zero-order chi connectivity index (χ0) is 18.6. The maximum atomic E-state index is 13.1. The summed E-state index contributed by atoms with van der Waals surface area (Å²) in [7, 11) is 0. The zero-order valence-electron chi connectivity index (χ0n) is 14.8. The number of nitrogens with zero attached hydrogens (tertiary/aromatic N) is 5. The Morgan fingerprint density at radius 3 is 2.44 bits per heavy atom. The van der Waals surface area contributed by atoms with Gasteiger partial charge in [0, 0.05) is 5.56 Å². The molecule has 0 aliphatic carbocycles. The third-order valence-corrected chi connectivity index (χ3v) is 5.00. The van der Waals surface area contributed by atoms with Gasteiger partial charge in [-0.2, -0.15) is 0 Å². The quantitative estimate of drug-likeness (QED) is 0.750. The van der Waals surface area contributed by atoms with Crippen molar-refractivity contribution >= 4 is 5.91 Å². The number of aliphatic hydroxyl groups excluding tert-OH is 1. The number of carbonyl (C=O) groups is 1. The van der Waals surface area contributed by atoms with Gasteiger partial charge in [0.1, 0.15) is 0 Å². The molecule has 7 heteroatoms. The Morgan fingerprint density at radius 1 is 1.04 bits per heavy atom. The summed E-state index contributed by atoms with van der Waals surface area (Å²) >= 11 is 0. The van der Waals surface area contributed by atoms with E-state index in [0.29, 0.717) is 17.9 Å². The van der Waals surface area contributed by atoms with Crippen LogP contribution >= 0.6 is 0 Å². The second kappa shape index (κ2) is 7.67.